The van der Waals surface area contributed by atoms with Crippen LogP contribution < -0.4 is 10.6 Å². The van der Waals surface area contributed by atoms with Crippen molar-refractivity contribution in [2.45, 2.75) is 13.8 Å². The van der Waals surface area contributed by atoms with Crippen molar-refractivity contribution >= 4 is 50.3 Å². The molecule has 0 unspecified atom stereocenters. The highest BCUT2D eigenvalue weighted by molar-refractivity contribution is 7.80. The molecule has 0 saturated carbocycles. The van der Waals surface area contributed by atoms with Gasteiger partial charge in [0.05, 0.1) is 5.56 Å². The molecule has 1 amide bonds. The molecule has 0 aliphatic carbocycles. The van der Waals surface area contributed by atoms with Crippen molar-refractivity contribution in [1.82, 2.24) is 5.32 Å². The van der Waals surface area contributed by atoms with E-state index in [4.69, 9.17) is 12.2 Å². The van der Waals surface area contributed by atoms with E-state index in [0.29, 0.717) is 16.1 Å². The Kier molecular flexibility index (Phi) is 4.79. The summed E-state index contributed by atoms with van der Waals surface area (Å²) >= 11 is 6.67. The third-order valence-corrected chi connectivity index (χ3v) is 5.29. The molecular formula is C19H15N3OS2. The summed E-state index contributed by atoms with van der Waals surface area (Å²) in [6.45, 7) is 3.84. The first-order valence-corrected chi connectivity index (χ1v) is 8.83. The number of amides is 1. The second kappa shape index (κ2) is 7.01. The highest BCUT2D eigenvalue weighted by Gasteiger charge is 2.15. The number of aryl methyl sites for hydroxylation is 1. The summed E-state index contributed by atoms with van der Waals surface area (Å²) in [6, 6.07) is 15.5. The smallest absolute Gasteiger partial charge is 0.257 e. The fourth-order valence-corrected chi connectivity index (χ4v) is 3.76. The molecule has 4 nitrogen and oxygen atoms in total. The first-order chi connectivity index (χ1) is 12.0. The minimum Gasteiger partial charge on any atom is -0.323 e. The Morgan fingerprint density at radius 1 is 1.16 bits per heavy atom. The van der Waals surface area contributed by atoms with Crippen molar-refractivity contribution < 1.29 is 4.79 Å². The first-order valence-electron chi connectivity index (χ1n) is 7.61. The summed E-state index contributed by atoms with van der Waals surface area (Å²) in [7, 11) is 0. The Bertz CT molecular complexity index is 1030. The van der Waals surface area contributed by atoms with Gasteiger partial charge in [0.1, 0.15) is 11.1 Å². The van der Waals surface area contributed by atoms with Crippen LogP contribution in [0.25, 0.3) is 10.8 Å². The van der Waals surface area contributed by atoms with Crippen molar-refractivity contribution in [3.63, 3.8) is 0 Å². The fraction of sp³-hybridized carbons (Fsp3) is 0.105. The average molecular weight is 365 g/mol. The number of nitriles is 1. The maximum Gasteiger partial charge on any atom is 0.257 e. The van der Waals surface area contributed by atoms with Gasteiger partial charge in [-0.2, -0.15) is 5.26 Å². The molecule has 2 N–H and O–H groups in total. The standard InChI is InChI=1S/C19H15N3OS2/c1-11-12(2)25-18(16(11)10-20)22-19(24)21-17(23)15-8-7-13-5-3-4-6-14(13)9-15/h3-9H,1-2H3,(H2,21,22,23,24). The number of rotatable bonds is 2. The molecule has 1 aromatic heterocycles. The third kappa shape index (κ3) is 3.53. The maximum atomic E-state index is 12.4. The quantitative estimate of drug-likeness (QED) is 0.656. The van der Waals surface area contributed by atoms with Crippen LogP contribution in [0.15, 0.2) is 42.5 Å². The number of carbonyl (C=O) groups is 1. The van der Waals surface area contributed by atoms with Crippen LogP contribution in [0.1, 0.15) is 26.4 Å². The van der Waals surface area contributed by atoms with Crippen LogP contribution in [0.2, 0.25) is 0 Å². The number of carbonyl (C=O) groups excluding carboxylic acids is 1. The molecule has 0 saturated heterocycles. The number of nitrogens with one attached hydrogen (secondary N) is 2. The molecule has 0 atom stereocenters. The van der Waals surface area contributed by atoms with Crippen LogP contribution in [0, 0.1) is 25.2 Å². The lowest BCUT2D eigenvalue weighted by atomic mass is 10.1. The van der Waals surface area contributed by atoms with E-state index in [1.165, 1.54) is 11.3 Å². The van der Waals surface area contributed by atoms with E-state index in [-0.39, 0.29) is 11.0 Å². The molecule has 0 radical (unpaired) electrons. The predicted octanol–water partition coefficient (Wildman–Crippen LogP) is 4.52. The van der Waals surface area contributed by atoms with Crippen molar-refractivity contribution in [2.75, 3.05) is 5.32 Å². The van der Waals surface area contributed by atoms with Crippen LogP contribution in [0.3, 0.4) is 0 Å². The van der Waals surface area contributed by atoms with Crippen LogP contribution in [0.5, 0.6) is 0 Å². The van der Waals surface area contributed by atoms with E-state index >= 15 is 0 Å². The van der Waals surface area contributed by atoms with E-state index in [1.807, 2.05) is 50.2 Å². The summed E-state index contributed by atoms with van der Waals surface area (Å²) in [5.74, 6) is -0.285. The first kappa shape index (κ1) is 17.1. The van der Waals surface area contributed by atoms with Gasteiger partial charge in [-0.25, -0.2) is 0 Å². The van der Waals surface area contributed by atoms with E-state index in [2.05, 4.69) is 16.7 Å². The van der Waals surface area contributed by atoms with E-state index in [0.717, 1.165) is 21.2 Å². The minimum atomic E-state index is -0.285. The molecule has 6 heteroatoms. The molecule has 3 aromatic rings. The highest BCUT2D eigenvalue weighted by atomic mass is 32.1. The minimum absolute atomic E-state index is 0.177. The van der Waals surface area contributed by atoms with Gasteiger partial charge in [-0.05, 0) is 54.5 Å². The highest BCUT2D eigenvalue weighted by Crippen LogP contribution is 2.31. The van der Waals surface area contributed by atoms with Crippen molar-refractivity contribution in [3.8, 4) is 6.07 Å². The van der Waals surface area contributed by atoms with Gasteiger partial charge in [-0.15, -0.1) is 11.3 Å². The van der Waals surface area contributed by atoms with Crippen molar-refractivity contribution in [3.05, 3.63) is 64.0 Å². The van der Waals surface area contributed by atoms with E-state index < -0.39 is 0 Å². The van der Waals surface area contributed by atoms with Gasteiger partial charge in [0.25, 0.3) is 5.91 Å². The lowest BCUT2D eigenvalue weighted by Crippen LogP contribution is -2.34. The van der Waals surface area contributed by atoms with E-state index in [1.54, 1.807) is 6.07 Å². The SMILES string of the molecule is Cc1sc(NC(=S)NC(=O)c2ccc3ccccc3c2)c(C#N)c1C. The molecule has 124 valence electrons. The zero-order chi connectivity index (χ0) is 18.0. The number of thiocarbonyl (C=S) groups is 1. The number of fused-ring (bicyclic) bond motifs is 1. The zero-order valence-electron chi connectivity index (χ0n) is 13.7. The second-order valence-electron chi connectivity index (χ2n) is 5.57. The molecule has 25 heavy (non-hydrogen) atoms. The van der Waals surface area contributed by atoms with Gasteiger partial charge in [0, 0.05) is 10.4 Å². The zero-order valence-corrected chi connectivity index (χ0v) is 15.3. The molecule has 3 rings (SSSR count). The Hall–Kier alpha value is -2.75. The molecule has 0 aliphatic rings. The molecule has 1 heterocycles. The largest absolute Gasteiger partial charge is 0.323 e. The lowest BCUT2D eigenvalue weighted by molar-refractivity contribution is 0.0978. The van der Waals surface area contributed by atoms with Crippen LogP contribution in [0.4, 0.5) is 5.00 Å². The number of hydrogen-bond donors (Lipinski definition) is 2. The number of hydrogen-bond acceptors (Lipinski definition) is 4. The summed E-state index contributed by atoms with van der Waals surface area (Å²) in [4.78, 5) is 13.5. The summed E-state index contributed by atoms with van der Waals surface area (Å²) in [6.07, 6.45) is 0. The molecule has 0 bridgehead atoms. The predicted molar refractivity (Wildman–Crippen MR) is 106 cm³/mol. The molecule has 0 aliphatic heterocycles. The lowest BCUT2D eigenvalue weighted by Gasteiger charge is -2.09. The summed E-state index contributed by atoms with van der Waals surface area (Å²) in [5, 5.41) is 17.8. The monoisotopic (exact) mass is 365 g/mol. The van der Waals surface area contributed by atoms with Crippen molar-refractivity contribution in [2.24, 2.45) is 0 Å². The molecular weight excluding hydrogens is 350 g/mol. The molecule has 2 aromatic carbocycles. The summed E-state index contributed by atoms with van der Waals surface area (Å²) < 4.78 is 0. The Balaban J connectivity index is 1.75. The number of benzene rings is 2. The Morgan fingerprint density at radius 3 is 2.60 bits per heavy atom. The topological polar surface area (TPSA) is 64.9 Å². The van der Waals surface area contributed by atoms with Crippen LogP contribution in [-0.4, -0.2) is 11.0 Å². The number of thiophene rings is 1. The Morgan fingerprint density at radius 2 is 1.88 bits per heavy atom. The third-order valence-electron chi connectivity index (χ3n) is 3.96. The normalized spacial score (nSPS) is 10.3. The van der Waals surface area contributed by atoms with Gasteiger partial charge in [0.2, 0.25) is 0 Å². The van der Waals surface area contributed by atoms with E-state index in [9.17, 15) is 10.1 Å². The number of nitrogens with zero attached hydrogens (tertiary/aromatic N) is 1. The van der Waals surface area contributed by atoms with Gasteiger partial charge in [-0.1, -0.05) is 30.3 Å². The van der Waals surface area contributed by atoms with Gasteiger partial charge >= 0.3 is 0 Å². The van der Waals surface area contributed by atoms with Crippen LogP contribution >= 0.6 is 23.6 Å². The fourth-order valence-electron chi connectivity index (χ4n) is 2.49. The molecule has 0 spiro atoms. The van der Waals surface area contributed by atoms with Gasteiger partial charge in [-0.3, -0.25) is 10.1 Å². The summed E-state index contributed by atoms with van der Waals surface area (Å²) in [5.41, 5.74) is 2.02. The second-order valence-corrected chi connectivity index (χ2v) is 7.20. The molecule has 0 fully saturated rings. The average Bonchev–Trinajstić information content (AvgIpc) is 2.87. The van der Waals surface area contributed by atoms with Crippen molar-refractivity contribution in [1.29, 1.82) is 5.26 Å². The maximum absolute atomic E-state index is 12.4. The van der Waals surface area contributed by atoms with Gasteiger partial charge in [0.15, 0.2) is 5.11 Å². The Labute approximate surface area is 155 Å². The number of anilines is 1. The van der Waals surface area contributed by atoms with Gasteiger partial charge < -0.3 is 5.32 Å². The van der Waals surface area contributed by atoms with Crippen LogP contribution in [-0.2, 0) is 0 Å².